The molecule has 1 aliphatic heterocycles. The molecular weight excluding hydrogens is 286 g/mol. The number of carbonyl (C=O) groups excluding carboxylic acids is 1. The maximum Gasteiger partial charge on any atom is 0.252 e. The molecule has 116 valence electrons. The summed E-state index contributed by atoms with van der Waals surface area (Å²) in [7, 11) is 0. The van der Waals surface area contributed by atoms with Crippen LogP contribution in [0.3, 0.4) is 0 Å². The molecule has 1 fully saturated rings. The number of nitrogens with zero attached hydrogens (tertiary/aromatic N) is 1. The number of benzene rings is 1. The molecule has 0 spiro atoms. The van der Waals surface area contributed by atoms with Gasteiger partial charge in [-0.3, -0.25) is 4.79 Å². The third kappa shape index (κ3) is 4.90. The van der Waals surface area contributed by atoms with Crippen molar-refractivity contribution < 1.29 is 4.79 Å². The van der Waals surface area contributed by atoms with E-state index in [0.717, 1.165) is 18.9 Å². The lowest BCUT2D eigenvalue weighted by Gasteiger charge is -2.30. The first-order valence-corrected chi connectivity index (χ1v) is 7.99. The summed E-state index contributed by atoms with van der Waals surface area (Å²) in [6, 6.07) is 4.96. The summed E-state index contributed by atoms with van der Waals surface area (Å²) in [5, 5.41) is 3.32. The van der Waals surface area contributed by atoms with Crippen LogP contribution in [-0.2, 0) is 0 Å². The number of halogens is 1. The van der Waals surface area contributed by atoms with Crippen molar-refractivity contribution in [1.29, 1.82) is 0 Å². The molecule has 21 heavy (non-hydrogen) atoms. The van der Waals surface area contributed by atoms with E-state index >= 15 is 0 Å². The molecule has 0 radical (unpaired) electrons. The number of hydrogen-bond acceptors (Lipinski definition) is 3. The number of piperidine rings is 1. The first-order chi connectivity index (χ1) is 10.1. The van der Waals surface area contributed by atoms with Crippen LogP contribution >= 0.6 is 11.6 Å². The number of likely N-dealkylation sites (tertiary alicyclic amines) is 1. The van der Waals surface area contributed by atoms with Crippen molar-refractivity contribution >= 4 is 23.2 Å². The van der Waals surface area contributed by atoms with Gasteiger partial charge in [-0.2, -0.15) is 0 Å². The molecular formula is C16H24ClN3O. The summed E-state index contributed by atoms with van der Waals surface area (Å²) in [5.41, 5.74) is 6.67. The van der Waals surface area contributed by atoms with E-state index in [0.29, 0.717) is 22.8 Å². The summed E-state index contributed by atoms with van der Waals surface area (Å²) in [4.78, 5) is 14.5. The van der Waals surface area contributed by atoms with Crippen molar-refractivity contribution in [1.82, 2.24) is 10.2 Å². The minimum atomic E-state index is -0.132. The van der Waals surface area contributed by atoms with Crippen LogP contribution in [0.2, 0.25) is 5.02 Å². The molecule has 3 N–H and O–H groups in total. The number of nitrogens with one attached hydrogen (secondary N) is 1. The molecule has 1 amide bonds. The molecule has 0 bridgehead atoms. The molecule has 0 saturated carbocycles. The van der Waals surface area contributed by atoms with E-state index in [9.17, 15) is 4.79 Å². The van der Waals surface area contributed by atoms with Crippen LogP contribution in [-0.4, -0.2) is 37.0 Å². The summed E-state index contributed by atoms with van der Waals surface area (Å²) in [6.07, 6.45) is 3.54. The smallest absolute Gasteiger partial charge is 0.252 e. The molecule has 0 aromatic heterocycles. The lowest BCUT2D eigenvalue weighted by atomic mass is 9.99. The summed E-state index contributed by atoms with van der Waals surface area (Å²) < 4.78 is 0. The van der Waals surface area contributed by atoms with Gasteiger partial charge in [-0.25, -0.2) is 0 Å². The van der Waals surface area contributed by atoms with Crippen LogP contribution in [0.1, 0.15) is 36.5 Å². The lowest BCUT2D eigenvalue weighted by molar-refractivity contribution is 0.0951. The van der Waals surface area contributed by atoms with E-state index in [1.807, 2.05) is 0 Å². The number of nitrogen functional groups attached to an aromatic ring is 1. The van der Waals surface area contributed by atoms with E-state index in [2.05, 4.69) is 17.1 Å². The van der Waals surface area contributed by atoms with Gasteiger partial charge in [-0.1, -0.05) is 18.5 Å². The average Bonchev–Trinajstić information content (AvgIpc) is 2.45. The first-order valence-electron chi connectivity index (χ1n) is 7.62. The van der Waals surface area contributed by atoms with Crippen LogP contribution in [0, 0.1) is 5.92 Å². The van der Waals surface area contributed by atoms with Crippen molar-refractivity contribution in [3.05, 3.63) is 28.8 Å². The molecule has 0 aliphatic carbocycles. The summed E-state index contributed by atoms with van der Waals surface area (Å²) >= 11 is 6.02. The second-order valence-corrected chi connectivity index (χ2v) is 6.28. The van der Waals surface area contributed by atoms with Crippen LogP contribution in [0.25, 0.3) is 0 Å². The van der Waals surface area contributed by atoms with Gasteiger partial charge in [0.15, 0.2) is 0 Å². The topological polar surface area (TPSA) is 58.4 Å². The monoisotopic (exact) mass is 309 g/mol. The van der Waals surface area contributed by atoms with Gasteiger partial charge >= 0.3 is 0 Å². The van der Waals surface area contributed by atoms with E-state index in [4.69, 9.17) is 17.3 Å². The molecule has 4 nitrogen and oxygen atoms in total. The minimum Gasteiger partial charge on any atom is -0.399 e. The Morgan fingerprint density at radius 2 is 2.14 bits per heavy atom. The van der Waals surface area contributed by atoms with Crippen molar-refractivity contribution in [2.45, 2.75) is 26.2 Å². The van der Waals surface area contributed by atoms with E-state index < -0.39 is 0 Å². The van der Waals surface area contributed by atoms with Crippen LogP contribution < -0.4 is 11.1 Å². The molecule has 5 heteroatoms. The van der Waals surface area contributed by atoms with Gasteiger partial charge in [-0.15, -0.1) is 0 Å². The van der Waals surface area contributed by atoms with Gasteiger partial charge < -0.3 is 16.0 Å². The van der Waals surface area contributed by atoms with Gasteiger partial charge in [0.2, 0.25) is 0 Å². The highest BCUT2D eigenvalue weighted by Gasteiger charge is 2.15. The summed E-state index contributed by atoms with van der Waals surface area (Å²) in [5.74, 6) is 0.723. The Morgan fingerprint density at radius 3 is 2.81 bits per heavy atom. The summed E-state index contributed by atoms with van der Waals surface area (Å²) in [6.45, 7) is 6.39. The number of hydrogen-bond donors (Lipinski definition) is 2. The van der Waals surface area contributed by atoms with E-state index in [-0.39, 0.29) is 5.91 Å². The largest absolute Gasteiger partial charge is 0.399 e. The quantitative estimate of drug-likeness (QED) is 0.649. The van der Waals surface area contributed by atoms with Gasteiger partial charge in [-0.05, 0) is 63.0 Å². The Hall–Kier alpha value is -1.26. The SMILES string of the molecule is CC1CCN(CCCNC(=O)c2ccc(N)cc2Cl)CC1. The molecule has 1 aromatic rings. The number of carbonyl (C=O) groups is 1. The lowest BCUT2D eigenvalue weighted by Crippen LogP contribution is -2.35. The fourth-order valence-corrected chi connectivity index (χ4v) is 2.88. The maximum absolute atomic E-state index is 12.0. The zero-order chi connectivity index (χ0) is 15.2. The Kier molecular flexibility index (Phi) is 5.88. The van der Waals surface area contributed by atoms with Crippen molar-refractivity contribution in [2.24, 2.45) is 5.92 Å². The molecule has 1 heterocycles. The van der Waals surface area contributed by atoms with E-state index in [1.54, 1.807) is 18.2 Å². The zero-order valence-electron chi connectivity index (χ0n) is 12.6. The zero-order valence-corrected chi connectivity index (χ0v) is 13.3. The highest BCUT2D eigenvalue weighted by atomic mass is 35.5. The Morgan fingerprint density at radius 1 is 1.43 bits per heavy atom. The second kappa shape index (κ2) is 7.66. The third-order valence-corrected chi connectivity index (χ3v) is 4.36. The maximum atomic E-state index is 12.0. The molecule has 0 atom stereocenters. The average molecular weight is 310 g/mol. The van der Waals surface area contributed by atoms with Crippen LogP contribution in [0.15, 0.2) is 18.2 Å². The van der Waals surface area contributed by atoms with Crippen molar-refractivity contribution in [3.8, 4) is 0 Å². The first kappa shape index (κ1) is 16.1. The number of rotatable bonds is 5. The van der Waals surface area contributed by atoms with Crippen molar-refractivity contribution in [2.75, 3.05) is 31.9 Å². The predicted molar refractivity (Wildman–Crippen MR) is 87.7 cm³/mol. The number of anilines is 1. The predicted octanol–water partition coefficient (Wildman–Crippen LogP) is 2.77. The number of amides is 1. The fourth-order valence-electron chi connectivity index (χ4n) is 2.60. The van der Waals surface area contributed by atoms with E-state index in [1.165, 1.54) is 25.9 Å². The second-order valence-electron chi connectivity index (χ2n) is 5.87. The highest BCUT2D eigenvalue weighted by molar-refractivity contribution is 6.34. The Balaban J connectivity index is 1.69. The standard InChI is InChI=1S/C16H24ClN3O/c1-12-5-9-20(10-6-12)8-2-7-19-16(21)14-4-3-13(18)11-15(14)17/h3-4,11-12H,2,5-10,18H2,1H3,(H,19,21). The molecule has 2 rings (SSSR count). The van der Waals surface area contributed by atoms with Crippen LogP contribution in [0.4, 0.5) is 5.69 Å². The van der Waals surface area contributed by atoms with Gasteiger partial charge in [0.25, 0.3) is 5.91 Å². The fraction of sp³-hybridized carbons (Fsp3) is 0.562. The Labute approximate surface area is 131 Å². The minimum absolute atomic E-state index is 0.132. The molecule has 1 aromatic carbocycles. The molecule has 1 saturated heterocycles. The molecule has 0 unspecified atom stereocenters. The van der Waals surface area contributed by atoms with Crippen LogP contribution in [0.5, 0.6) is 0 Å². The van der Waals surface area contributed by atoms with Crippen molar-refractivity contribution in [3.63, 3.8) is 0 Å². The highest BCUT2D eigenvalue weighted by Crippen LogP contribution is 2.19. The molecule has 1 aliphatic rings. The number of nitrogens with two attached hydrogens (primary N) is 1. The van der Waals surface area contributed by atoms with Gasteiger partial charge in [0.1, 0.15) is 0 Å². The van der Waals surface area contributed by atoms with Gasteiger partial charge in [0, 0.05) is 12.2 Å². The third-order valence-electron chi connectivity index (χ3n) is 4.05. The normalized spacial score (nSPS) is 16.9. The Bertz CT molecular complexity index is 484. The van der Waals surface area contributed by atoms with Gasteiger partial charge in [0.05, 0.1) is 10.6 Å².